The monoisotopic (exact) mass is 255 g/mol. The molecule has 0 bridgehead atoms. The summed E-state index contributed by atoms with van der Waals surface area (Å²) in [5.74, 6) is 1.15. The highest BCUT2D eigenvalue weighted by molar-refractivity contribution is 5.93. The lowest BCUT2D eigenvalue weighted by Gasteiger charge is -2.31. The molecule has 98 valence electrons. The molecular weight excluding hydrogens is 238 g/mol. The van der Waals surface area contributed by atoms with Gasteiger partial charge in [-0.05, 0) is 37.2 Å². The molecule has 1 aliphatic heterocycles. The number of carbonyl (C=O) groups is 1. The molecule has 1 atom stereocenters. The molecule has 2 heterocycles. The van der Waals surface area contributed by atoms with Crippen LogP contribution in [0.25, 0.3) is 10.9 Å². The first-order chi connectivity index (χ1) is 9.24. The zero-order chi connectivity index (χ0) is 13.2. The Morgan fingerprint density at radius 3 is 2.84 bits per heavy atom. The van der Waals surface area contributed by atoms with Gasteiger partial charge in [0.25, 0.3) is 0 Å². The molecule has 1 aromatic heterocycles. The number of hydrogen-bond acceptors (Lipinski definition) is 3. The third kappa shape index (κ3) is 2.44. The van der Waals surface area contributed by atoms with Crippen molar-refractivity contribution in [2.45, 2.75) is 6.92 Å². The van der Waals surface area contributed by atoms with Crippen molar-refractivity contribution in [2.24, 2.45) is 11.8 Å². The number of amides is 1. The predicted octanol–water partition coefficient (Wildman–Crippen LogP) is 2.03. The molecule has 0 radical (unpaired) electrons. The van der Waals surface area contributed by atoms with E-state index < -0.39 is 0 Å². The van der Waals surface area contributed by atoms with E-state index in [9.17, 15) is 4.79 Å². The van der Waals surface area contributed by atoms with Crippen molar-refractivity contribution >= 4 is 22.6 Å². The number of hydrogen-bond donors (Lipinski definition) is 2. The van der Waals surface area contributed by atoms with E-state index in [-0.39, 0.29) is 11.8 Å². The Labute approximate surface area is 112 Å². The van der Waals surface area contributed by atoms with Gasteiger partial charge < -0.3 is 10.6 Å². The van der Waals surface area contributed by atoms with Gasteiger partial charge in [-0.15, -0.1) is 0 Å². The molecule has 4 heteroatoms. The van der Waals surface area contributed by atoms with Gasteiger partial charge in [0, 0.05) is 11.3 Å². The van der Waals surface area contributed by atoms with Crippen LogP contribution in [0.2, 0.25) is 0 Å². The van der Waals surface area contributed by atoms with Gasteiger partial charge in [0.05, 0.1) is 5.52 Å². The Hall–Kier alpha value is -1.94. The maximum atomic E-state index is 12.1. The Morgan fingerprint density at radius 2 is 2.11 bits per heavy atom. The molecule has 4 nitrogen and oxygen atoms in total. The molecule has 3 rings (SSSR count). The lowest BCUT2D eigenvalue weighted by Crippen LogP contribution is -2.48. The summed E-state index contributed by atoms with van der Waals surface area (Å²) in [6.07, 6.45) is 0. The molecule has 1 saturated heterocycles. The Bertz CT molecular complexity index is 607. The van der Waals surface area contributed by atoms with E-state index in [2.05, 4.69) is 15.6 Å². The van der Waals surface area contributed by atoms with Crippen molar-refractivity contribution in [3.05, 3.63) is 36.4 Å². The number of anilines is 1. The molecule has 1 aliphatic rings. The topological polar surface area (TPSA) is 54.0 Å². The second kappa shape index (κ2) is 4.97. The average Bonchev–Trinajstić information content (AvgIpc) is 2.36. The number of nitrogens with zero attached hydrogens (tertiary/aromatic N) is 1. The van der Waals surface area contributed by atoms with Gasteiger partial charge in [0.1, 0.15) is 5.82 Å². The second-order valence-corrected chi connectivity index (χ2v) is 5.09. The van der Waals surface area contributed by atoms with Crippen LogP contribution in [-0.4, -0.2) is 24.0 Å². The van der Waals surface area contributed by atoms with Gasteiger partial charge in [-0.25, -0.2) is 4.98 Å². The summed E-state index contributed by atoms with van der Waals surface area (Å²) in [6, 6.07) is 11.7. The van der Waals surface area contributed by atoms with Crippen LogP contribution in [0.15, 0.2) is 36.4 Å². The van der Waals surface area contributed by atoms with E-state index in [1.54, 1.807) is 0 Å². The molecular formula is C15H17N3O. The summed E-state index contributed by atoms with van der Waals surface area (Å²) in [4.78, 5) is 16.6. The van der Waals surface area contributed by atoms with Crippen LogP contribution >= 0.6 is 0 Å². The molecule has 0 spiro atoms. The number of para-hydroxylation sites is 1. The minimum absolute atomic E-state index is 0.0227. The van der Waals surface area contributed by atoms with E-state index in [1.165, 1.54) is 0 Å². The van der Waals surface area contributed by atoms with E-state index >= 15 is 0 Å². The van der Waals surface area contributed by atoms with Crippen LogP contribution in [-0.2, 0) is 4.79 Å². The van der Waals surface area contributed by atoms with E-state index in [4.69, 9.17) is 0 Å². The van der Waals surface area contributed by atoms with E-state index in [0.29, 0.717) is 11.7 Å². The van der Waals surface area contributed by atoms with Crippen LogP contribution in [0.5, 0.6) is 0 Å². The number of fused-ring (bicyclic) bond motifs is 1. The number of nitrogens with one attached hydrogen (secondary N) is 2. The number of aromatic nitrogens is 1. The van der Waals surface area contributed by atoms with Gasteiger partial charge >= 0.3 is 0 Å². The fourth-order valence-electron chi connectivity index (χ4n) is 2.25. The summed E-state index contributed by atoms with van der Waals surface area (Å²) in [5.41, 5.74) is 0.901. The molecule has 1 unspecified atom stereocenters. The van der Waals surface area contributed by atoms with Crippen LogP contribution < -0.4 is 10.6 Å². The van der Waals surface area contributed by atoms with Crippen LogP contribution in [0.4, 0.5) is 5.82 Å². The highest BCUT2D eigenvalue weighted by atomic mass is 16.1. The van der Waals surface area contributed by atoms with Gasteiger partial charge in [-0.3, -0.25) is 4.79 Å². The minimum Gasteiger partial charge on any atom is -0.316 e. The SMILES string of the molecule is CC(C(=O)Nc1ccc2ccccc2n1)C1CNC1. The zero-order valence-electron chi connectivity index (χ0n) is 10.9. The lowest BCUT2D eigenvalue weighted by molar-refractivity contribution is -0.121. The van der Waals surface area contributed by atoms with E-state index in [0.717, 1.165) is 24.0 Å². The summed E-state index contributed by atoms with van der Waals surface area (Å²) in [7, 11) is 0. The van der Waals surface area contributed by atoms with Crippen molar-refractivity contribution in [3.8, 4) is 0 Å². The maximum Gasteiger partial charge on any atom is 0.228 e. The van der Waals surface area contributed by atoms with Crippen LogP contribution in [0.3, 0.4) is 0 Å². The maximum absolute atomic E-state index is 12.1. The number of benzene rings is 1. The first-order valence-corrected chi connectivity index (χ1v) is 6.61. The zero-order valence-corrected chi connectivity index (χ0v) is 10.9. The number of carbonyl (C=O) groups excluding carboxylic acids is 1. The predicted molar refractivity (Wildman–Crippen MR) is 75.9 cm³/mol. The summed E-state index contributed by atoms with van der Waals surface area (Å²) in [6.45, 7) is 3.83. The summed E-state index contributed by atoms with van der Waals surface area (Å²) >= 11 is 0. The van der Waals surface area contributed by atoms with Gasteiger partial charge in [-0.2, -0.15) is 0 Å². The third-order valence-electron chi connectivity index (χ3n) is 3.78. The molecule has 0 aliphatic carbocycles. The van der Waals surface area contributed by atoms with Gasteiger partial charge in [-0.1, -0.05) is 25.1 Å². The molecule has 19 heavy (non-hydrogen) atoms. The molecule has 2 aromatic rings. The van der Waals surface area contributed by atoms with Gasteiger partial charge in [0.15, 0.2) is 0 Å². The first kappa shape index (κ1) is 12.1. The molecule has 1 aromatic carbocycles. The van der Waals surface area contributed by atoms with Crippen molar-refractivity contribution in [1.29, 1.82) is 0 Å². The van der Waals surface area contributed by atoms with Crippen molar-refractivity contribution < 1.29 is 4.79 Å². The third-order valence-corrected chi connectivity index (χ3v) is 3.78. The van der Waals surface area contributed by atoms with Crippen molar-refractivity contribution in [1.82, 2.24) is 10.3 Å². The molecule has 2 N–H and O–H groups in total. The fraction of sp³-hybridized carbons (Fsp3) is 0.333. The number of pyridine rings is 1. The van der Waals surface area contributed by atoms with Crippen LogP contribution in [0, 0.1) is 11.8 Å². The fourth-order valence-corrected chi connectivity index (χ4v) is 2.25. The molecule has 0 saturated carbocycles. The van der Waals surface area contributed by atoms with Crippen LogP contribution in [0.1, 0.15) is 6.92 Å². The highest BCUT2D eigenvalue weighted by Gasteiger charge is 2.28. The second-order valence-electron chi connectivity index (χ2n) is 5.09. The Morgan fingerprint density at radius 1 is 1.32 bits per heavy atom. The van der Waals surface area contributed by atoms with Crippen molar-refractivity contribution in [3.63, 3.8) is 0 Å². The lowest BCUT2D eigenvalue weighted by atomic mass is 9.88. The summed E-state index contributed by atoms with van der Waals surface area (Å²) < 4.78 is 0. The summed E-state index contributed by atoms with van der Waals surface area (Å²) in [5, 5.41) is 7.17. The molecule has 1 amide bonds. The average molecular weight is 255 g/mol. The smallest absolute Gasteiger partial charge is 0.228 e. The Balaban J connectivity index is 1.75. The largest absolute Gasteiger partial charge is 0.316 e. The van der Waals surface area contributed by atoms with Crippen molar-refractivity contribution in [2.75, 3.05) is 18.4 Å². The minimum atomic E-state index is 0.0227. The Kier molecular flexibility index (Phi) is 3.17. The first-order valence-electron chi connectivity index (χ1n) is 6.61. The standard InChI is InChI=1S/C15H17N3O/c1-10(12-8-16-9-12)15(19)18-14-7-6-11-4-2-3-5-13(11)17-14/h2-7,10,12,16H,8-9H2,1H3,(H,17,18,19). The van der Waals surface area contributed by atoms with E-state index in [1.807, 2.05) is 43.3 Å². The number of rotatable bonds is 3. The highest BCUT2D eigenvalue weighted by Crippen LogP contribution is 2.19. The molecule has 1 fully saturated rings. The normalized spacial score (nSPS) is 16.9. The van der Waals surface area contributed by atoms with Gasteiger partial charge in [0.2, 0.25) is 5.91 Å². The quantitative estimate of drug-likeness (QED) is 0.882.